The van der Waals surface area contributed by atoms with Crippen molar-refractivity contribution in [3.8, 4) is 0 Å². The Morgan fingerprint density at radius 3 is 2.71 bits per heavy atom. The number of methoxy groups -OCH3 is 1. The van der Waals surface area contributed by atoms with Crippen LogP contribution in [0.4, 0.5) is 19.3 Å². The molecular weight excluding hydrogens is 307 g/mol. The molecule has 1 rings (SSSR count). The first kappa shape index (κ1) is 11.2. The third kappa shape index (κ3) is 2.31. The molecule has 0 fully saturated rings. The number of hydrogen-bond acceptors (Lipinski definition) is 2. The fraction of sp³-hybridized carbons (Fsp3) is 0.125. The van der Waals surface area contributed by atoms with Crippen molar-refractivity contribution in [1.82, 2.24) is 0 Å². The van der Waals surface area contributed by atoms with Gasteiger partial charge in [0.1, 0.15) is 0 Å². The van der Waals surface area contributed by atoms with E-state index in [2.05, 4.69) is 10.1 Å². The number of amides is 1. The molecule has 0 unspecified atom stereocenters. The van der Waals surface area contributed by atoms with Crippen LogP contribution < -0.4 is 5.32 Å². The Bertz CT molecular complexity index is 371. The van der Waals surface area contributed by atoms with E-state index in [1.165, 1.54) is 13.2 Å². The van der Waals surface area contributed by atoms with E-state index in [4.69, 9.17) is 0 Å². The van der Waals surface area contributed by atoms with E-state index >= 15 is 0 Å². The molecule has 0 aliphatic rings. The maximum Gasteiger partial charge on any atom is 0.411 e. The Balaban J connectivity index is 3.00. The van der Waals surface area contributed by atoms with Crippen molar-refractivity contribution in [3.05, 3.63) is 27.3 Å². The standard InChI is InChI=1S/C8H6F2INO2/c1-14-8(13)12-5-3-2-4(9)6(10)7(5)11/h2-3H,1H3,(H,12,13). The molecule has 0 aliphatic carbocycles. The van der Waals surface area contributed by atoms with Crippen molar-refractivity contribution < 1.29 is 18.3 Å². The average molecular weight is 313 g/mol. The van der Waals surface area contributed by atoms with Gasteiger partial charge in [0.25, 0.3) is 0 Å². The lowest BCUT2D eigenvalue weighted by molar-refractivity contribution is 0.187. The maximum absolute atomic E-state index is 13.0. The molecule has 0 aliphatic heterocycles. The number of benzene rings is 1. The topological polar surface area (TPSA) is 38.3 Å². The number of carbonyl (C=O) groups is 1. The smallest absolute Gasteiger partial charge is 0.411 e. The molecule has 1 aromatic rings. The van der Waals surface area contributed by atoms with E-state index in [1.807, 2.05) is 0 Å². The highest BCUT2D eigenvalue weighted by Crippen LogP contribution is 2.23. The van der Waals surface area contributed by atoms with Crippen molar-refractivity contribution >= 4 is 34.4 Å². The normalized spacial score (nSPS) is 9.71. The van der Waals surface area contributed by atoms with Gasteiger partial charge < -0.3 is 4.74 Å². The molecular formula is C8H6F2INO2. The van der Waals surface area contributed by atoms with Crippen LogP contribution in [-0.4, -0.2) is 13.2 Å². The molecule has 0 radical (unpaired) electrons. The summed E-state index contributed by atoms with van der Waals surface area (Å²) < 4.78 is 29.9. The monoisotopic (exact) mass is 313 g/mol. The minimum absolute atomic E-state index is 0.00741. The lowest BCUT2D eigenvalue weighted by Crippen LogP contribution is -2.12. The first-order valence-electron chi connectivity index (χ1n) is 3.54. The van der Waals surface area contributed by atoms with Crippen LogP contribution in [0.5, 0.6) is 0 Å². The molecule has 0 heterocycles. The second-order valence-electron chi connectivity index (χ2n) is 2.34. The fourth-order valence-electron chi connectivity index (χ4n) is 0.783. The highest BCUT2D eigenvalue weighted by Gasteiger charge is 2.12. The van der Waals surface area contributed by atoms with Crippen molar-refractivity contribution in [1.29, 1.82) is 0 Å². The molecule has 0 saturated carbocycles. The molecule has 14 heavy (non-hydrogen) atoms. The summed E-state index contributed by atoms with van der Waals surface area (Å²) in [5, 5.41) is 2.25. The molecule has 1 N–H and O–H groups in total. The van der Waals surface area contributed by atoms with Crippen LogP contribution in [-0.2, 0) is 4.74 Å². The van der Waals surface area contributed by atoms with Gasteiger partial charge in [-0.3, -0.25) is 5.32 Å². The second-order valence-corrected chi connectivity index (χ2v) is 3.42. The van der Waals surface area contributed by atoms with E-state index in [1.54, 1.807) is 22.6 Å². The van der Waals surface area contributed by atoms with Crippen molar-refractivity contribution in [3.63, 3.8) is 0 Å². The molecule has 6 heteroatoms. The van der Waals surface area contributed by atoms with Crippen LogP contribution in [0.25, 0.3) is 0 Å². The number of hydrogen-bond donors (Lipinski definition) is 1. The van der Waals surface area contributed by atoms with Crippen LogP contribution in [0.2, 0.25) is 0 Å². The third-order valence-electron chi connectivity index (χ3n) is 1.46. The first-order chi connectivity index (χ1) is 6.56. The summed E-state index contributed by atoms with van der Waals surface area (Å²) in [5.41, 5.74) is 0.177. The van der Waals surface area contributed by atoms with Crippen LogP contribution in [0.1, 0.15) is 0 Å². The Labute approximate surface area is 92.6 Å². The quantitative estimate of drug-likeness (QED) is 0.639. The summed E-state index contributed by atoms with van der Waals surface area (Å²) in [4.78, 5) is 10.8. The lowest BCUT2D eigenvalue weighted by Gasteiger charge is -2.06. The molecule has 1 aromatic carbocycles. The summed E-state index contributed by atoms with van der Waals surface area (Å²) in [6.45, 7) is 0. The van der Waals surface area contributed by atoms with E-state index in [9.17, 15) is 13.6 Å². The summed E-state index contributed by atoms with van der Waals surface area (Å²) in [6.07, 6.45) is -0.728. The minimum atomic E-state index is -0.987. The van der Waals surface area contributed by atoms with E-state index in [0.717, 1.165) is 6.07 Å². The van der Waals surface area contributed by atoms with Crippen LogP contribution in [0, 0.1) is 15.2 Å². The largest absolute Gasteiger partial charge is 0.453 e. The van der Waals surface area contributed by atoms with Crippen molar-refractivity contribution in [2.75, 3.05) is 12.4 Å². The van der Waals surface area contributed by atoms with Gasteiger partial charge in [0.05, 0.1) is 16.4 Å². The predicted octanol–water partition coefficient (Wildman–Crippen LogP) is 2.75. The summed E-state index contributed by atoms with van der Waals surface area (Å²) >= 11 is 1.59. The van der Waals surface area contributed by atoms with Crippen LogP contribution >= 0.6 is 22.6 Å². The van der Waals surface area contributed by atoms with Gasteiger partial charge in [0.2, 0.25) is 0 Å². The maximum atomic E-state index is 13.0. The van der Waals surface area contributed by atoms with Gasteiger partial charge in [-0.25, -0.2) is 13.6 Å². The van der Waals surface area contributed by atoms with Gasteiger partial charge in [-0.05, 0) is 34.7 Å². The Kier molecular flexibility index (Phi) is 3.62. The average Bonchev–Trinajstić information content (AvgIpc) is 2.19. The molecule has 0 aromatic heterocycles. The zero-order valence-electron chi connectivity index (χ0n) is 7.11. The zero-order valence-corrected chi connectivity index (χ0v) is 9.26. The number of nitrogens with one attached hydrogen (secondary N) is 1. The molecule has 3 nitrogen and oxygen atoms in total. The number of ether oxygens (including phenoxy) is 1. The van der Waals surface area contributed by atoms with Gasteiger partial charge in [0.15, 0.2) is 11.6 Å². The molecule has 0 atom stereocenters. The van der Waals surface area contributed by atoms with E-state index < -0.39 is 17.7 Å². The van der Waals surface area contributed by atoms with E-state index in [0.29, 0.717) is 0 Å². The highest BCUT2D eigenvalue weighted by molar-refractivity contribution is 14.1. The zero-order chi connectivity index (χ0) is 10.7. The van der Waals surface area contributed by atoms with Gasteiger partial charge >= 0.3 is 6.09 Å². The summed E-state index contributed by atoms with van der Waals surface area (Å²) in [7, 11) is 1.18. The van der Waals surface area contributed by atoms with Crippen LogP contribution in [0.15, 0.2) is 12.1 Å². The summed E-state index contributed by atoms with van der Waals surface area (Å²) in [5.74, 6) is -1.94. The van der Waals surface area contributed by atoms with Crippen molar-refractivity contribution in [2.45, 2.75) is 0 Å². The Morgan fingerprint density at radius 2 is 2.14 bits per heavy atom. The minimum Gasteiger partial charge on any atom is -0.453 e. The van der Waals surface area contributed by atoms with Gasteiger partial charge in [-0.15, -0.1) is 0 Å². The highest BCUT2D eigenvalue weighted by atomic mass is 127. The van der Waals surface area contributed by atoms with Crippen LogP contribution in [0.3, 0.4) is 0 Å². The summed E-state index contributed by atoms with van der Waals surface area (Å²) in [6, 6.07) is 2.19. The second kappa shape index (κ2) is 4.54. The number of carbonyl (C=O) groups excluding carboxylic acids is 1. The fourth-order valence-corrected chi connectivity index (χ4v) is 1.36. The number of anilines is 1. The lowest BCUT2D eigenvalue weighted by atomic mass is 10.3. The molecule has 76 valence electrons. The Hall–Kier alpha value is -0.920. The van der Waals surface area contributed by atoms with Gasteiger partial charge in [0, 0.05) is 0 Å². The predicted molar refractivity (Wildman–Crippen MR) is 55.1 cm³/mol. The SMILES string of the molecule is COC(=O)Nc1ccc(F)c(F)c1I. The molecule has 0 spiro atoms. The molecule has 0 bridgehead atoms. The van der Waals surface area contributed by atoms with Gasteiger partial charge in [-0.1, -0.05) is 0 Å². The third-order valence-corrected chi connectivity index (χ3v) is 2.51. The number of rotatable bonds is 1. The molecule has 0 saturated heterocycles. The van der Waals surface area contributed by atoms with Gasteiger partial charge in [-0.2, -0.15) is 0 Å². The first-order valence-corrected chi connectivity index (χ1v) is 4.62. The number of halogens is 3. The molecule has 1 amide bonds. The Morgan fingerprint density at radius 1 is 1.50 bits per heavy atom. The van der Waals surface area contributed by atoms with Crippen molar-refractivity contribution in [2.24, 2.45) is 0 Å². The van der Waals surface area contributed by atoms with E-state index in [-0.39, 0.29) is 9.26 Å².